The van der Waals surface area contributed by atoms with Crippen LogP contribution < -0.4 is 5.32 Å². The van der Waals surface area contributed by atoms with Gasteiger partial charge in [-0.15, -0.1) is 0 Å². The molecule has 2 heterocycles. The fourth-order valence-corrected chi connectivity index (χ4v) is 4.53. The molecule has 1 aliphatic rings. The first-order valence-corrected chi connectivity index (χ1v) is 11.9. The predicted octanol–water partition coefficient (Wildman–Crippen LogP) is 4.56. The van der Waals surface area contributed by atoms with Gasteiger partial charge in [0.25, 0.3) is 11.6 Å². The van der Waals surface area contributed by atoms with Gasteiger partial charge >= 0.3 is 5.97 Å². The number of nitro groups is 1. The van der Waals surface area contributed by atoms with Gasteiger partial charge in [0.05, 0.1) is 29.6 Å². The lowest BCUT2D eigenvalue weighted by molar-refractivity contribution is -0.384. The highest BCUT2D eigenvalue weighted by Crippen LogP contribution is 2.43. The Bertz CT molecular complexity index is 1360. The van der Waals surface area contributed by atoms with Crippen LogP contribution in [-0.4, -0.2) is 39.6 Å². The zero-order chi connectivity index (χ0) is 26.5. The van der Waals surface area contributed by atoms with Crippen molar-refractivity contribution < 1.29 is 19.0 Å². The van der Waals surface area contributed by atoms with Crippen molar-refractivity contribution in [2.75, 3.05) is 13.7 Å². The smallest absolute Gasteiger partial charge is 0.336 e. The Labute approximate surface area is 214 Å². The van der Waals surface area contributed by atoms with Crippen molar-refractivity contribution in [3.05, 3.63) is 105 Å². The van der Waals surface area contributed by atoms with Gasteiger partial charge in [-0.3, -0.25) is 15.0 Å². The summed E-state index contributed by atoms with van der Waals surface area (Å²) >= 11 is 0. The van der Waals surface area contributed by atoms with E-state index in [1.54, 1.807) is 26.0 Å². The first-order chi connectivity index (χ1) is 17.8. The Balaban J connectivity index is 1.71. The van der Waals surface area contributed by atoms with Gasteiger partial charge in [-0.1, -0.05) is 47.6 Å². The van der Waals surface area contributed by atoms with Gasteiger partial charge in [0.2, 0.25) is 0 Å². The van der Waals surface area contributed by atoms with E-state index in [4.69, 9.17) is 9.26 Å². The van der Waals surface area contributed by atoms with Gasteiger partial charge in [0, 0.05) is 35.6 Å². The largest absolute Gasteiger partial charge is 0.463 e. The number of dihydropyridines is 1. The minimum absolute atomic E-state index is 0.0809. The number of nitrogens with zero attached hydrogens (tertiary/aromatic N) is 4. The first-order valence-electron chi connectivity index (χ1n) is 11.9. The van der Waals surface area contributed by atoms with Gasteiger partial charge in [-0.2, -0.15) is 4.98 Å². The summed E-state index contributed by atoms with van der Waals surface area (Å²) in [6.07, 6.45) is 0. The molecule has 10 nitrogen and oxygen atoms in total. The predicted molar refractivity (Wildman–Crippen MR) is 137 cm³/mol. The third-order valence-corrected chi connectivity index (χ3v) is 6.08. The molecule has 0 spiro atoms. The number of aromatic nitrogens is 2. The average molecular weight is 504 g/mol. The monoisotopic (exact) mass is 503 g/mol. The van der Waals surface area contributed by atoms with Crippen molar-refractivity contribution in [1.29, 1.82) is 0 Å². The first kappa shape index (κ1) is 25.8. The van der Waals surface area contributed by atoms with Crippen molar-refractivity contribution in [2.24, 2.45) is 0 Å². The Morgan fingerprint density at radius 2 is 1.89 bits per heavy atom. The van der Waals surface area contributed by atoms with Crippen LogP contribution in [0.15, 0.2) is 76.1 Å². The van der Waals surface area contributed by atoms with Crippen LogP contribution in [-0.2, 0) is 22.6 Å². The molecule has 10 heteroatoms. The van der Waals surface area contributed by atoms with E-state index in [9.17, 15) is 14.9 Å². The fraction of sp³-hybridized carbons (Fsp3) is 0.296. The van der Waals surface area contributed by atoms with Gasteiger partial charge < -0.3 is 14.6 Å². The van der Waals surface area contributed by atoms with Crippen molar-refractivity contribution in [1.82, 2.24) is 20.4 Å². The van der Waals surface area contributed by atoms with Crippen molar-refractivity contribution in [2.45, 2.75) is 39.8 Å². The van der Waals surface area contributed by atoms with E-state index in [0.29, 0.717) is 47.0 Å². The lowest BCUT2D eigenvalue weighted by Gasteiger charge is -2.29. The molecule has 4 rings (SSSR count). The Morgan fingerprint density at radius 3 is 2.59 bits per heavy atom. The maximum atomic E-state index is 13.1. The molecule has 1 N–H and O–H groups in total. The minimum atomic E-state index is -0.699. The third kappa shape index (κ3) is 5.75. The number of rotatable bonds is 9. The summed E-state index contributed by atoms with van der Waals surface area (Å²) in [7, 11) is 1.96. The van der Waals surface area contributed by atoms with Crippen molar-refractivity contribution in [3.8, 4) is 0 Å². The Morgan fingerprint density at radius 1 is 1.14 bits per heavy atom. The van der Waals surface area contributed by atoms with Gasteiger partial charge in [-0.25, -0.2) is 4.79 Å². The molecule has 3 aromatic rings. The minimum Gasteiger partial charge on any atom is -0.463 e. The molecule has 0 saturated carbocycles. The average Bonchev–Trinajstić information content (AvgIpc) is 3.31. The standard InChI is InChI=1S/C27H29N5O5/c1-5-36-27(33)24-18(3)28-17(2)23(25(24)20-12-9-13-21(14-20)32(34)35)26-29-22(30-37-26)16-31(4)15-19-10-7-6-8-11-19/h6-14,25,28H,5,15-16H2,1-4H3. The second kappa shape index (κ2) is 11.2. The normalized spacial score (nSPS) is 15.6. The van der Waals surface area contributed by atoms with Gasteiger partial charge in [0.1, 0.15) is 0 Å². The second-order valence-corrected chi connectivity index (χ2v) is 8.88. The molecule has 0 amide bonds. The van der Waals surface area contributed by atoms with E-state index >= 15 is 0 Å². The molecule has 1 aromatic heterocycles. The van der Waals surface area contributed by atoms with Crippen LogP contribution in [0.4, 0.5) is 5.69 Å². The molecule has 0 bridgehead atoms. The van der Waals surface area contributed by atoms with Crippen LogP contribution in [0.2, 0.25) is 0 Å². The summed E-state index contributed by atoms with van der Waals surface area (Å²) in [6, 6.07) is 16.3. The quantitative estimate of drug-likeness (QED) is 0.254. The van der Waals surface area contributed by atoms with E-state index in [1.807, 2.05) is 32.2 Å². The second-order valence-electron chi connectivity index (χ2n) is 8.88. The molecule has 0 radical (unpaired) electrons. The SMILES string of the molecule is CCOC(=O)C1=C(C)NC(C)=C(c2nc(CN(C)Cc3ccccc3)no2)C1c1cccc([N+](=O)[O-])c1. The van der Waals surface area contributed by atoms with E-state index in [2.05, 4.69) is 32.5 Å². The molecule has 192 valence electrons. The third-order valence-electron chi connectivity index (χ3n) is 6.08. The number of non-ortho nitro benzene ring substituents is 1. The molecule has 1 unspecified atom stereocenters. The van der Waals surface area contributed by atoms with Crippen molar-refractivity contribution in [3.63, 3.8) is 0 Å². The Kier molecular flexibility index (Phi) is 7.78. The van der Waals surface area contributed by atoms with Gasteiger partial charge in [-0.05, 0) is 38.9 Å². The summed E-state index contributed by atoms with van der Waals surface area (Å²) in [6.45, 7) is 6.68. The summed E-state index contributed by atoms with van der Waals surface area (Å²) in [5.41, 5.74) is 3.83. The molecule has 0 saturated heterocycles. The lowest BCUT2D eigenvalue weighted by atomic mass is 9.80. The van der Waals surface area contributed by atoms with E-state index < -0.39 is 16.8 Å². The maximum absolute atomic E-state index is 13.1. The van der Waals surface area contributed by atoms with Crippen molar-refractivity contribution >= 4 is 17.2 Å². The number of nitro benzene ring substituents is 1. The lowest BCUT2D eigenvalue weighted by Crippen LogP contribution is -2.28. The number of allylic oxidation sites excluding steroid dienone is 3. The van der Waals surface area contributed by atoms with Crippen LogP contribution >= 0.6 is 0 Å². The Hall–Kier alpha value is -4.31. The number of hydrogen-bond donors (Lipinski definition) is 1. The summed E-state index contributed by atoms with van der Waals surface area (Å²) < 4.78 is 11.0. The molecule has 0 fully saturated rings. The van der Waals surface area contributed by atoms with Crippen LogP contribution in [0.5, 0.6) is 0 Å². The molecule has 1 aliphatic heterocycles. The summed E-state index contributed by atoms with van der Waals surface area (Å²) in [5, 5.41) is 18.9. The summed E-state index contributed by atoms with van der Waals surface area (Å²) in [4.78, 5) is 30.8. The number of ether oxygens (including phenoxy) is 1. The molecule has 2 aromatic carbocycles. The number of esters is 1. The highest BCUT2D eigenvalue weighted by atomic mass is 16.6. The van der Waals surface area contributed by atoms with E-state index in [1.165, 1.54) is 12.1 Å². The fourth-order valence-electron chi connectivity index (χ4n) is 4.53. The molecular formula is C27H29N5O5. The molecule has 1 atom stereocenters. The highest BCUT2D eigenvalue weighted by Gasteiger charge is 2.37. The molecule has 37 heavy (non-hydrogen) atoms. The van der Waals surface area contributed by atoms with Gasteiger partial charge in [0.15, 0.2) is 5.82 Å². The zero-order valence-corrected chi connectivity index (χ0v) is 21.2. The maximum Gasteiger partial charge on any atom is 0.336 e. The number of benzene rings is 2. The van der Waals surface area contributed by atoms with Crippen LogP contribution in [0, 0.1) is 10.1 Å². The number of carbonyl (C=O) groups excluding carboxylic acids is 1. The zero-order valence-electron chi connectivity index (χ0n) is 21.2. The van der Waals surface area contributed by atoms with E-state index in [0.717, 1.165) is 5.56 Å². The van der Waals surface area contributed by atoms with Crippen LogP contribution in [0.1, 0.15) is 49.5 Å². The highest BCUT2D eigenvalue weighted by molar-refractivity contribution is 5.97. The number of hydrogen-bond acceptors (Lipinski definition) is 9. The molecular weight excluding hydrogens is 474 g/mol. The topological polar surface area (TPSA) is 124 Å². The van der Waals surface area contributed by atoms with E-state index in [-0.39, 0.29) is 18.2 Å². The number of nitrogens with one attached hydrogen (secondary N) is 1. The molecule has 0 aliphatic carbocycles. The van der Waals surface area contributed by atoms with Crippen LogP contribution in [0.25, 0.3) is 5.57 Å². The summed E-state index contributed by atoms with van der Waals surface area (Å²) in [5.74, 6) is -0.499. The van der Waals surface area contributed by atoms with Crippen LogP contribution in [0.3, 0.4) is 0 Å². The number of carbonyl (C=O) groups is 1.